The highest BCUT2D eigenvalue weighted by Crippen LogP contribution is 2.19. The number of nitrogens with one attached hydrogen (secondary N) is 1. The van der Waals surface area contributed by atoms with Gasteiger partial charge in [-0.15, -0.1) is 0 Å². The van der Waals surface area contributed by atoms with E-state index in [2.05, 4.69) is 26.2 Å². The molecule has 1 N–H and O–H groups in total. The Morgan fingerprint density at radius 3 is 2.83 bits per heavy atom. The van der Waals surface area contributed by atoms with Crippen LogP contribution in [0.15, 0.2) is 47.1 Å². The molecule has 2 heterocycles. The molecule has 0 radical (unpaired) electrons. The number of fused-ring (bicyclic) bond motifs is 1. The van der Waals surface area contributed by atoms with Crippen molar-refractivity contribution in [3.63, 3.8) is 0 Å². The zero-order valence-electron chi connectivity index (χ0n) is 13.5. The summed E-state index contributed by atoms with van der Waals surface area (Å²) in [7, 11) is 1.62. The van der Waals surface area contributed by atoms with E-state index in [-0.39, 0.29) is 5.91 Å². The molecule has 3 aromatic rings. The number of imidazole rings is 1. The van der Waals surface area contributed by atoms with Gasteiger partial charge in [0, 0.05) is 22.8 Å². The lowest BCUT2D eigenvalue weighted by atomic mass is 10.2. The number of methoxy groups -OCH3 is 1. The number of ether oxygens (including phenoxy) is 1. The number of hydrogen-bond acceptors (Lipinski definition) is 3. The number of benzene rings is 1. The van der Waals surface area contributed by atoms with Crippen molar-refractivity contribution in [3.8, 4) is 5.75 Å². The molecule has 0 unspecified atom stereocenters. The number of hydrogen-bond donors (Lipinski definition) is 1. The van der Waals surface area contributed by atoms with Gasteiger partial charge in [-0.05, 0) is 40.5 Å². The van der Waals surface area contributed by atoms with Gasteiger partial charge in [0.15, 0.2) is 0 Å². The molecule has 0 bridgehead atoms. The lowest BCUT2D eigenvalue weighted by molar-refractivity contribution is 0.0944. The van der Waals surface area contributed by atoms with Crippen LogP contribution >= 0.6 is 15.9 Å². The Morgan fingerprint density at radius 1 is 1.29 bits per heavy atom. The minimum absolute atomic E-state index is 0.150. The summed E-state index contributed by atoms with van der Waals surface area (Å²) in [6, 6.07) is 11.4. The molecule has 124 valence electrons. The van der Waals surface area contributed by atoms with Crippen molar-refractivity contribution in [1.29, 1.82) is 0 Å². The van der Waals surface area contributed by atoms with Crippen LogP contribution in [0, 0.1) is 0 Å². The van der Waals surface area contributed by atoms with E-state index < -0.39 is 0 Å². The second-order valence-electron chi connectivity index (χ2n) is 5.33. The molecule has 3 rings (SSSR count). The van der Waals surface area contributed by atoms with Gasteiger partial charge in [0.05, 0.1) is 12.8 Å². The second kappa shape index (κ2) is 7.05. The van der Waals surface area contributed by atoms with E-state index in [0.29, 0.717) is 18.7 Å². The monoisotopic (exact) mass is 387 g/mol. The third kappa shape index (κ3) is 3.14. The fourth-order valence-corrected chi connectivity index (χ4v) is 3.00. The van der Waals surface area contributed by atoms with E-state index in [9.17, 15) is 4.79 Å². The molecular weight excluding hydrogens is 370 g/mol. The van der Waals surface area contributed by atoms with Crippen molar-refractivity contribution in [2.75, 3.05) is 7.11 Å². The number of carbonyl (C=O) groups is 1. The van der Waals surface area contributed by atoms with Crippen LogP contribution in [0.5, 0.6) is 5.75 Å². The predicted molar refractivity (Wildman–Crippen MR) is 96.4 cm³/mol. The Labute approximate surface area is 148 Å². The third-order valence-corrected chi connectivity index (χ3v) is 4.31. The summed E-state index contributed by atoms with van der Waals surface area (Å²) in [4.78, 5) is 17.3. The number of para-hydroxylation sites is 1. The maximum absolute atomic E-state index is 12.8. The Kier molecular flexibility index (Phi) is 4.85. The summed E-state index contributed by atoms with van der Waals surface area (Å²) in [5, 5.41) is 2.97. The maximum atomic E-state index is 12.8. The first-order chi connectivity index (χ1) is 11.6. The average molecular weight is 388 g/mol. The summed E-state index contributed by atoms with van der Waals surface area (Å²) in [5.41, 5.74) is 3.05. The molecule has 0 aliphatic carbocycles. The van der Waals surface area contributed by atoms with Crippen LogP contribution in [0.2, 0.25) is 0 Å². The number of amides is 1. The van der Waals surface area contributed by atoms with Crippen LogP contribution in [-0.4, -0.2) is 22.4 Å². The Hall–Kier alpha value is -2.34. The number of halogens is 1. The topological polar surface area (TPSA) is 55.6 Å². The van der Waals surface area contributed by atoms with Crippen molar-refractivity contribution in [3.05, 3.63) is 64.0 Å². The smallest absolute Gasteiger partial charge is 0.270 e. The number of aromatic nitrogens is 2. The van der Waals surface area contributed by atoms with Crippen LogP contribution in [0.25, 0.3) is 5.65 Å². The molecule has 2 aromatic heterocycles. The van der Waals surface area contributed by atoms with Gasteiger partial charge in [0.2, 0.25) is 0 Å². The van der Waals surface area contributed by atoms with Crippen molar-refractivity contribution < 1.29 is 9.53 Å². The first-order valence-corrected chi connectivity index (χ1v) is 8.50. The Bertz CT molecular complexity index is 889. The molecule has 0 fully saturated rings. The second-order valence-corrected chi connectivity index (χ2v) is 6.25. The summed E-state index contributed by atoms with van der Waals surface area (Å²) >= 11 is 3.44. The molecule has 0 atom stereocenters. The fraction of sp³-hybridized carbons (Fsp3) is 0.222. The molecular formula is C18H18BrN3O2. The highest BCUT2D eigenvalue weighted by molar-refractivity contribution is 9.10. The molecule has 24 heavy (non-hydrogen) atoms. The summed E-state index contributed by atoms with van der Waals surface area (Å²) in [6.45, 7) is 2.39. The highest BCUT2D eigenvalue weighted by Gasteiger charge is 2.18. The largest absolute Gasteiger partial charge is 0.496 e. The molecule has 6 heteroatoms. The molecule has 0 aliphatic rings. The molecule has 0 saturated heterocycles. The van der Waals surface area contributed by atoms with E-state index in [1.807, 2.05) is 53.9 Å². The van der Waals surface area contributed by atoms with Gasteiger partial charge in [0.1, 0.15) is 17.1 Å². The fourth-order valence-electron chi connectivity index (χ4n) is 2.66. The van der Waals surface area contributed by atoms with Crippen LogP contribution in [0.3, 0.4) is 0 Å². The minimum Gasteiger partial charge on any atom is -0.496 e. The van der Waals surface area contributed by atoms with Gasteiger partial charge in [-0.25, -0.2) is 4.98 Å². The van der Waals surface area contributed by atoms with E-state index >= 15 is 0 Å². The van der Waals surface area contributed by atoms with Crippen LogP contribution < -0.4 is 10.1 Å². The van der Waals surface area contributed by atoms with E-state index in [1.165, 1.54) is 0 Å². The van der Waals surface area contributed by atoms with Crippen LogP contribution in [0.1, 0.15) is 28.7 Å². The SMILES string of the molecule is CCc1nc2ccc(Br)cn2c1C(=O)NCc1ccccc1OC. The first-order valence-electron chi connectivity index (χ1n) is 7.70. The molecule has 1 amide bonds. The highest BCUT2D eigenvalue weighted by atomic mass is 79.9. The normalized spacial score (nSPS) is 10.8. The number of rotatable bonds is 5. The number of pyridine rings is 1. The summed E-state index contributed by atoms with van der Waals surface area (Å²) in [5.74, 6) is 0.609. The van der Waals surface area contributed by atoms with E-state index in [1.54, 1.807) is 7.11 Å². The van der Waals surface area contributed by atoms with Gasteiger partial charge in [-0.3, -0.25) is 9.20 Å². The van der Waals surface area contributed by atoms with Crippen molar-refractivity contribution in [1.82, 2.24) is 14.7 Å². The quantitative estimate of drug-likeness (QED) is 0.727. The van der Waals surface area contributed by atoms with E-state index in [4.69, 9.17) is 4.74 Å². The lowest BCUT2D eigenvalue weighted by Gasteiger charge is -2.10. The lowest BCUT2D eigenvalue weighted by Crippen LogP contribution is -2.25. The van der Waals surface area contributed by atoms with Gasteiger partial charge >= 0.3 is 0 Å². The van der Waals surface area contributed by atoms with Crippen molar-refractivity contribution in [2.24, 2.45) is 0 Å². The van der Waals surface area contributed by atoms with Crippen LogP contribution in [-0.2, 0) is 13.0 Å². The van der Waals surface area contributed by atoms with Gasteiger partial charge in [-0.2, -0.15) is 0 Å². The number of aryl methyl sites for hydroxylation is 1. The van der Waals surface area contributed by atoms with Crippen molar-refractivity contribution >= 4 is 27.5 Å². The first kappa shape index (κ1) is 16.5. The Balaban J connectivity index is 1.90. The predicted octanol–water partition coefficient (Wildman–Crippen LogP) is 3.60. The number of nitrogens with zero attached hydrogens (tertiary/aromatic N) is 2. The van der Waals surface area contributed by atoms with Crippen molar-refractivity contribution in [2.45, 2.75) is 19.9 Å². The molecule has 1 aromatic carbocycles. The molecule has 0 aliphatic heterocycles. The van der Waals surface area contributed by atoms with Gasteiger partial charge in [0.25, 0.3) is 5.91 Å². The Morgan fingerprint density at radius 2 is 2.08 bits per heavy atom. The number of carbonyl (C=O) groups excluding carboxylic acids is 1. The average Bonchev–Trinajstić information content (AvgIpc) is 2.97. The summed E-state index contributed by atoms with van der Waals surface area (Å²) < 4.78 is 8.04. The standard InChI is InChI=1S/C18H18BrN3O2/c1-3-14-17(22-11-13(19)8-9-16(22)21-14)18(23)20-10-12-6-4-5-7-15(12)24-2/h4-9,11H,3,10H2,1-2H3,(H,20,23). The minimum atomic E-state index is -0.150. The zero-order chi connectivity index (χ0) is 17.1. The van der Waals surface area contributed by atoms with E-state index in [0.717, 1.165) is 27.1 Å². The van der Waals surface area contributed by atoms with Crippen LogP contribution in [0.4, 0.5) is 0 Å². The molecule has 0 saturated carbocycles. The zero-order valence-corrected chi connectivity index (χ0v) is 15.1. The maximum Gasteiger partial charge on any atom is 0.270 e. The molecule has 0 spiro atoms. The molecule has 5 nitrogen and oxygen atoms in total. The van der Waals surface area contributed by atoms with Gasteiger partial charge in [-0.1, -0.05) is 25.1 Å². The van der Waals surface area contributed by atoms with Gasteiger partial charge < -0.3 is 10.1 Å². The summed E-state index contributed by atoms with van der Waals surface area (Å²) in [6.07, 6.45) is 2.55. The third-order valence-electron chi connectivity index (χ3n) is 3.84.